The van der Waals surface area contributed by atoms with Crippen molar-refractivity contribution in [3.63, 3.8) is 0 Å². The van der Waals surface area contributed by atoms with Crippen molar-refractivity contribution in [3.8, 4) is 11.5 Å². The summed E-state index contributed by atoms with van der Waals surface area (Å²) in [6.45, 7) is 5.95. The van der Waals surface area contributed by atoms with Crippen molar-refractivity contribution in [2.45, 2.75) is 32.7 Å². The SMILES string of the molecule is CNC(C)C(C)c1nc(-c2ccnc(C)n2)no1. The molecule has 2 aromatic rings. The Labute approximate surface area is 106 Å². The van der Waals surface area contributed by atoms with Gasteiger partial charge in [-0.2, -0.15) is 4.98 Å². The molecule has 0 fully saturated rings. The molecule has 18 heavy (non-hydrogen) atoms. The molecular formula is C12H17N5O. The molecule has 2 rings (SSSR count). The van der Waals surface area contributed by atoms with Crippen LogP contribution in [0.15, 0.2) is 16.8 Å². The fraction of sp³-hybridized carbons (Fsp3) is 0.500. The van der Waals surface area contributed by atoms with E-state index < -0.39 is 0 Å². The summed E-state index contributed by atoms with van der Waals surface area (Å²) in [5.74, 6) is 1.96. The normalized spacial score (nSPS) is 14.4. The van der Waals surface area contributed by atoms with Gasteiger partial charge in [-0.15, -0.1) is 0 Å². The van der Waals surface area contributed by atoms with Gasteiger partial charge in [0.05, 0.1) is 5.92 Å². The van der Waals surface area contributed by atoms with Gasteiger partial charge in [-0.05, 0) is 27.0 Å². The van der Waals surface area contributed by atoms with E-state index in [4.69, 9.17) is 4.52 Å². The number of hydrogen-bond donors (Lipinski definition) is 1. The predicted molar refractivity (Wildman–Crippen MR) is 67.0 cm³/mol. The first-order valence-corrected chi connectivity index (χ1v) is 5.92. The smallest absolute Gasteiger partial charge is 0.231 e. The lowest BCUT2D eigenvalue weighted by Crippen LogP contribution is -2.27. The number of aromatic nitrogens is 4. The van der Waals surface area contributed by atoms with E-state index in [0.717, 1.165) is 0 Å². The van der Waals surface area contributed by atoms with Crippen molar-refractivity contribution < 1.29 is 4.52 Å². The number of aryl methyl sites for hydroxylation is 1. The molecule has 96 valence electrons. The van der Waals surface area contributed by atoms with Gasteiger partial charge in [0.2, 0.25) is 11.7 Å². The molecule has 6 nitrogen and oxygen atoms in total. The largest absolute Gasteiger partial charge is 0.339 e. The average molecular weight is 247 g/mol. The van der Waals surface area contributed by atoms with Crippen molar-refractivity contribution >= 4 is 0 Å². The van der Waals surface area contributed by atoms with Crippen molar-refractivity contribution in [2.75, 3.05) is 7.05 Å². The minimum atomic E-state index is 0.152. The Morgan fingerprint density at radius 2 is 2.06 bits per heavy atom. The molecule has 0 bridgehead atoms. The summed E-state index contributed by atoms with van der Waals surface area (Å²) in [7, 11) is 1.91. The van der Waals surface area contributed by atoms with Gasteiger partial charge in [-0.1, -0.05) is 12.1 Å². The third-order valence-electron chi connectivity index (χ3n) is 3.04. The molecule has 2 atom stereocenters. The van der Waals surface area contributed by atoms with E-state index >= 15 is 0 Å². The van der Waals surface area contributed by atoms with Crippen LogP contribution in [0.4, 0.5) is 0 Å². The first-order chi connectivity index (χ1) is 8.61. The third kappa shape index (κ3) is 2.53. The van der Waals surface area contributed by atoms with E-state index in [9.17, 15) is 0 Å². The second-order valence-electron chi connectivity index (χ2n) is 4.31. The summed E-state index contributed by atoms with van der Waals surface area (Å²) in [6.07, 6.45) is 1.69. The number of nitrogens with one attached hydrogen (secondary N) is 1. The Hall–Kier alpha value is -1.82. The molecule has 0 saturated carbocycles. The maximum atomic E-state index is 5.28. The highest BCUT2D eigenvalue weighted by atomic mass is 16.5. The van der Waals surface area contributed by atoms with Gasteiger partial charge in [0.25, 0.3) is 0 Å². The Bertz CT molecular complexity index is 525. The van der Waals surface area contributed by atoms with Gasteiger partial charge in [-0.25, -0.2) is 9.97 Å². The fourth-order valence-electron chi connectivity index (χ4n) is 1.57. The molecule has 0 saturated heterocycles. The first kappa shape index (κ1) is 12.6. The van der Waals surface area contributed by atoms with Crippen molar-refractivity contribution in [2.24, 2.45) is 0 Å². The van der Waals surface area contributed by atoms with E-state index in [0.29, 0.717) is 23.2 Å². The Morgan fingerprint density at radius 1 is 1.28 bits per heavy atom. The Kier molecular flexibility index (Phi) is 3.66. The van der Waals surface area contributed by atoms with Crippen LogP contribution in [0.25, 0.3) is 11.5 Å². The zero-order valence-corrected chi connectivity index (χ0v) is 11.0. The van der Waals surface area contributed by atoms with Crippen LogP contribution in [0.2, 0.25) is 0 Å². The highest BCUT2D eigenvalue weighted by Crippen LogP contribution is 2.20. The van der Waals surface area contributed by atoms with Gasteiger partial charge in [0.15, 0.2) is 0 Å². The molecule has 0 aromatic carbocycles. The minimum Gasteiger partial charge on any atom is -0.339 e. The van der Waals surface area contributed by atoms with Gasteiger partial charge in [-0.3, -0.25) is 0 Å². The van der Waals surface area contributed by atoms with Crippen LogP contribution in [0.5, 0.6) is 0 Å². The highest BCUT2D eigenvalue weighted by Gasteiger charge is 2.20. The fourth-order valence-corrected chi connectivity index (χ4v) is 1.57. The number of likely N-dealkylation sites (N-methyl/N-ethyl adjacent to an activating group) is 1. The summed E-state index contributed by atoms with van der Waals surface area (Å²) in [6, 6.07) is 2.04. The van der Waals surface area contributed by atoms with E-state index in [-0.39, 0.29) is 12.0 Å². The van der Waals surface area contributed by atoms with E-state index in [1.807, 2.05) is 20.9 Å². The summed E-state index contributed by atoms with van der Waals surface area (Å²) >= 11 is 0. The number of hydrogen-bond acceptors (Lipinski definition) is 6. The van der Waals surface area contributed by atoms with Crippen LogP contribution in [-0.2, 0) is 0 Å². The molecule has 2 heterocycles. The molecule has 0 amide bonds. The van der Waals surface area contributed by atoms with E-state index in [2.05, 4.69) is 32.3 Å². The van der Waals surface area contributed by atoms with Crippen LogP contribution >= 0.6 is 0 Å². The molecule has 0 aliphatic carbocycles. The van der Waals surface area contributed by atoms with Crippen molar-refractivity contribution in [3.05, 3.63) is 24.0 Å². The Balaban J connectivity index is 2.25. The Morgan fingerprint density at radius 3 is 2.72 bits per heavy atom. The summed E-state index contributed by atoms with van der Waals surface area (Å²) in [5, 5.41) is 7.13. The van der Waals surface area contributed by atoms with Crippen LogP contribution in [0.3, 0.4) is 0 Å². The third-order valence-corrected chi connectivity index (χ3v) is 3.04. The minimum absolute atomic E-state index is 0.152. The summed E-state index contributed by atoms with van der Waals surface area (Å²) in [5.41, 5.74) is 0.682. The van der Waals surface area contributed by atoms with Gasteiger partial charge >= 0.3 is 0 Å². The summed E-state index contributed by atoms with van der Waals surface area (Å²) in [4.78, 5) is 12.7. The molecule has 0 spiro atoms. The number of rotatable bonds is 4. The molecule has 0 aliphatic heterocycles. The molecule has 0 aliphatic rings. The monoisotopic (exact) mass is 247 g/mol. The standard InChI is InChI=1S/C12H17N5O/c1-7(8(2)13-4)12-16-11(17-18-12)10-5-6-14-9(3)15-10/h5-8,13H,1-4H3. The molecule has 2 aromatic heterocycles. The van der Waals surface area contributed by atoms with Crippen molar-refractivity contribution in [1.82, 2.24) is 25.4 Å². The maximum Gasteiger partial charge on any atom is 0.231 e. The molecule has 6 heteroatoms. The van der Waals surface area contributed by atoms with Crippen LogP contribution < -0.4 is 5.32 Å². The molecule has 1 N–H and O–H groups in total. The van der Waals surface area contributed by atoms with E-state index in [1.54, 1.807) is 12.3 Å². The highest BCUT2D eigenvalue weighted by molar-refractivity contribution is 5.47. The van der Waals surface area contributed by atoms with Crippen LogP contribution in [0, 0.1) is 6.92 Å². The lowest BCUT2D eigenvalue weighted by molar-refractivity contribution is 0.336. The molecular weight excluding hydrogens is 230 g/mol. The van der Waals surface area contributed by atoms with Crippen LogP contribution in [-0.4, -0.2) is 33.2 Å². The molecule has 0 radical (unpaired) electrons. The maximum absolute atomic E-state index is 5.28. The number of nitrogens with zero attached hydrogens (tertiary/aromatic N) is 4. The van der Waals surface area contributed by atoms with E-state index in [1.165, 1.54) is 0 Å². The second kappa shape index (κ2) is 5.22. The van der Waals surface area contributed by atoms with Gasteiger partial charge < -0.3 is 9.84 Å². The lowest BCUT2D eigenvalue weighted by atomic mass is 10.0. The zero-order valence-electron chi connectivity index (χ0n) is 11.0. The zero-order chi connectivity index (χ0) is 13.1. The lowest BCUT2D eigenvalue weighted by Gasteiger charge is -2.14. The predicted octanol–water partition coefficient (Wildman–Crippen LogP) is 1.55. The second-order valence-corrected chi connectivity index (χ2v) is 4.31. The average Bonchev–Trinajstić information content (AvgIpc) is 2.86. The topological polar surface area (TPSA) is 76.7 Å². The molecule has 2 unspecified atom stereocenters. The van der Waals surface area contributed by atoms with Crippen LogP contribution in [0.1, 0.15) is 31.5 Å². The first-order valence-electron chi connectivity index (χ1n) is 5.92. The van der Waals surface area contributed by atoms with Crippen molar-refractivity contribution in [1.29, 1.82) is 0 Å². The quantitative estimate of drug-likeness (QED) is 0.883. The van der Waals surface area contributed by atoms with Gasteiger partial charge in [0.1, 0.15) is 11.5 Å². The summed E-state index contributed by atoms with van der Waals surface area (Å²) < 4.78 is 5.28. The van der Waals surface area contributed by atoms with Gasteiger partial charge in [0, 0.05) is 12.2 Å².